The molecule has 1 aromatic rings. The molecule has 3 nitrogen and oxygen atoms in total. The minimum absolute atomic E-state index is 0.125. The van der Waals surface area contributed by atoms with Gasteiger partial charge in [-0.05, 0) is 31.9 Å². The van der Waals surface area contributed by atoms with Crippen LogP contribution in [0.4, 0.5) is 0 Å². The van der Waals surface area contributed by atoms with E-state index in [2.05, 4.69) is 6.92 Å². The third kappa shape index (κ3) is 2.72. The van der Waals surface area contributed by atoms with Gasteiger partial charge in [0.2, 0.25) is 5.91 Å². The molecule has 0 N–H and O–H groups in total. The first-order chi connectivity index (χ1) is 8.59. The fourth-order valence-electron chi connectivity index (χ4n) is 2.36. The van der Waals surface area contributed by atoms with E-state index < -0.39 is 0 Å². The van der Waals surface area contributed by atoms with Gasteiger partial charge >= 0.3 is 0 Å². The number of rotatable bonds is 2. The highest BCUT2D eigenvalue weighted by Crippen LogP contribution is 2.16. The SMILES string of the molecule is Cc1ccccc1CC(=O)N1CCOC(C)C1C. The zero-order valence-corrected chi connectivity index (χ0v) is 11.3. The minimum Gasteiger partial charge on any atom is -0.375 e. The lowest BCUT2D eigenvalue weighted by Gasteiger charge is -2.38. The number of aryl methyl sites for hydroxylation is 1. The second kappa shape index (κ2) is 5.53. The van der Waals surface area contributed by atoms with E-state index >= 15 is 0 Å². The number of hydrogen-bond donors (Lipinski definition) is 0. The Bertz CT molecular complexity index is 430. The monoisotopic (exact) mass is 247 g/mol. The van der Waals surface area contributed by atoms with Gasteiger partial charge in [0.15, 0.2) is 0 Å². The molecular formula is C15H21NO2. The van der Waals surface area contributed by atoms with Crippen molar-refractivity contribution in [1.82, 2.24) is 4.90 Å². The van der Waals surface area contributed by atoms with Crippen LogP contribution in [-0.2, 0) is 16.0 Å². The summed E-state index contributed by atoms with van der Waals surface area (Å²) in [4.78, 5) is 14.3. The smallest absolute Gasteiger partial charge is 0.227 e. The minimum atomic E-state index is 0.125. The van der Waals surface area contributed by atoms with Crippen molar-refractivity contribution in [2.45, 2.75) is 39.3 Å². The number of amides is 1. The highest BCUT2D eigenvalue weighted by atomic mass is 16.5. The molecule has 1 fully saturated rings. The zero-order chi connectivity index (χ0) is 13.1. The molecule has 1 aliphatic rings. The Balaban J connectivity index is 2.06. The first kappa shape index (κ1) is 13.1. The Morgan fingerprint density at radius 2 is 2.11 bits per heavy atom. The molecule has 0 saturated carbocycles. The Morgan fingerprint density at radius 3 is 2.83 bits per heavy atom. The van der Waals surface area contributed by atoms with Crippen LogP contribution in [0.1, 0.15) is 25.0 Å². The third-order valence-corrected chi connectivity index (χ3v) is 3.81. The van der Waals surface area contributed by atoms with E-state index in [-0.39, 0.29) is 18.1 Å². The summed E-state index contributed by atoms with van der Waals surface area (Å²) in [6.07, 6.45) is 0.614. The standard InChI is InChI=1S/C15H21NO2/c1-11-6-4-5-7-14(11)10-15(17)16-8-9-18-13(3)12(16)2/h4-7,12-13H,8-10H2,1-3H3. The van der Waals surface area contributed by atoms with Crippen molar-refractivity contribution in [2.75, 3.05) is 13.2 Å². The summed E-state index contributed by atoms with van der Waals surface area (Å²) >= 11 is 0. The van der Waals surface area contributed by atoms with Crippen molar-refractivity contribution < 1.29 is 9.53 Å². The lowest BCUT2D eigenvalue weighted by molar-refractivity contribution is -0.143. The Morgan fingerprint density at radius 1 is 1.39 bits per heavy atom. The number of benzene rings is 1. The fourth-order valence-corrected chi connectivity index (χ4v) is 2.36. The van der Waals surface area contributed by atoms with Gasteiger partial charge in [0, 0.05) is 6.54 Å². The lowest BCUT2D eigenvalue weighted by Crippen LogP contribution is -2.51. The quantitative estimate of drug-likeness (QED) is 0.801. The number of carbonyl (C=O) groups is 1. The molecule has 1 amide bonds. The molecule has 1 aromatic carbocycles. The van der Waals surface area contributed by atoms with Crippen LogP contribution in [0.15, 0.2) is 24.3 Å². The van der Waals surface area contributed by atoms with Crippen LogP contribution < -0.4 is 0 Å². The van der Waals surface area contributed by atoms with Crippen LogP contribution in [0, 0.1) is 6.92 Å². The molecule has 2 unspecified atom stereocenters. The Labute approximate surface area is 109 Å². The summed E-state index contributed by atoms with van der Waals surface area (Å²) in [5.41, 5.74) is 2.30. The summed E-state index contributed by atoms with van der Waals surface area (Å²) < 4.78 is 5.55. The van der Waals surface area contributed by atoms with Crippen molar-refractivity contribution in [3.05, 3.63) is 35.4 Å². The van der Waals surface area contributed by atoms with Gasteiger partial charge < -0.3 is 9.64 Å². The van der Waals surface area contributed by atoms with E-state index in [1.807, 2.05) is 43.0 Å². The van der Waals surface area contributed by atoms with Crippen molar-refractivity contribution in [3.8, 4) is 0 Å². The van der Waals surface area contributed by atoms with Gasteiger partial charge in [0.05, 0.1) is 25.2 Å². The maximum Gasteiger partial charge on any atom is 0.227 e. The van der Waals surface area contributed by atoms with Crippen LogP contribution >= 0.6 is 0 Å². The predicted octanol–water partition coefficient (Wildman–Crippen LogP) is 2.17. The van der Waals surface area contributed by atoms with Crippen molar-refractivity contribution in [3.63, 3.8) is 0 Å². The molecule has 0 aromatic heterocycles. The second-order valence-corrected chi connectivity index (χ2v) is 5.01. The molecule has 18 heavy (non-hydrogen) atoms. The summed E-state index contributed by atoms with van der Waals surface area (Å²) in [6, 6.07) is 8.23. The van der Waals surface area contributed by atoms with Gasteiger partial charge in [-0.25, -0.2) is 0 Å². The molecule has 1 heterocycles. The van der Waals surface area contributed by atoms with E-state index in [1.54, 1.807) is 0 Å². The maximum atomic E-state index is 12.3. The molecule has 0 spiro atoms. The number of nitrogens with zero attached hydrogens (tertiary/aromatic N) is 1. The first-order valence-corrected chi connectivity index (χ1v) is 6.55. The predicted molar refractivity (Wildman–Crippen MR) is 71.5 cm³/mol. The first-order valence-electron chi connectivity index (χ1n) is 6.55. The zero-order valence-electron chi connectivity index (χ0n) is 11.3. The molecule has 0 aliphatic carbocycles. The number of morpholine rings is 1. The van der Waals surface area contributed by atoms with Gasteiger partial charge in [-0.3, -0.25) is 4.79 Å². The molecule has 2 rings (SSSR count). The molecular weight excluding hydrogens is 226 g/mol. The van der Waals surface area contributed by atoms with E-state index in [4.69, 9.17) is 4.74 Å². The van der Waals surface area contributed by atoms with E-state index in [9.17, 15) is 4.79 Å². The third-order valence-electron chi connectivity index (χ3n) is 3.81. The van der Waals surface area contributed by atoms with Crippen LogP contribution in [0.5, 0.6) is 0 Å². The van der Waals surface area contributed by atoms with Crippen molar-refractivity contribution >= 4 is 5.91 Å². The van der Waals surface area contributed by atoms with Crippen molar-refractivity contribution in [2.24, 2.45) is 0 Å². The normalized spacial score (nSPS) is 24.1. The largest absolute Gasteiger partial charge is 0.375 e. The van der Waals surface area contributed by atoms with Gasteiger partial charge in [-0.1, -0.05) is 24.3 Å². The average Bonchev–Trinajstić information content (AvgIpc) is 2.35. The molecule has 1 aliphatic heterocycles. The molecule has 0 bridgehead atoms. The van der Waals surface area contributed by atoms with Crippen LogP contribution in [0.3, 0.4) is 0 Å². The van der Waals surface area contributed by atoms with Crippen molar-refractivity contribution in [1.29, 1.82) is 0 Å². The van der Waals surface area contributed by atoms with Gasteiger partial charge in [0.1, 0.15) is 0 Å². The van der Waals surface area contributed by atoms with Gasteiger partial charge in [0.25, 0.3) is 0 Å². The topological polar surface area (TPSA) is 29.5 Å². The maximum absolute atomic E-state index is 12.3. The summed E-state index contributed by atoms with van der Waals surface area (Å²) in [5, 5.41) is 0. The molecule has 0 radical (unpaired) electrons. The van der Waals surface area contributed by atoms with Gasteiger partial charge in [-0.15, -0.1) is 0 Å². The summed E-state index contributed by atoms with van der Waals surface area (Å²) in [7, 11) is 0. The van der Waals surface area contributed by atoms with Gasteiger partial charge in [-0.2, -0.15) is 0 Å². The fraction of sp³-hybridized carbons (Fsp3) is 0.533. The Hall–Kier alpha value is -1.35. The molecule has 98 valence electrons. The average molecular weight is 247 g/mol. The highest BCUT2D eigenvalue weighted by Gasteiger charge is 2.28. The Kier molecular flexibility index (Phi) is 4.02. The summed E-state index contributed by atoms with van der Waals surface area (Å²) in [6.45, 7) is 7.48. The van der Waals surface area contributed by atoms with E-state index in [0.717, 1.165) is 5.56 Å². The summed E-state index contributed by atoms with van der Waals surface area (Å²) in [5.74, 6) is 0.201. The van der Waals surface area contributed by atoms with Crippen LogP contribution in [0.2, 0.25) is 0 Å². The number of ether oxygens (including phenoxy) is 1. The van der Waals surface area contributed by atoms with E-state index in [1.165, 1.54) is 5.56 Å². The molecule has 1 saturated heterocycles. The van der Waals surface area contributed by atoms with Crippen LogP contribution in [-0.4, -0.2) is 36.1 Å². The highest BCUT2D eigenvalue weighted by molar-refractivity contribution is 5.79. The second-order valence-electron chi connectivity index (χ2n) is 5.01. The van der Waals surface area contributed by atoms with E-state index in [0.29, 0.717) is 19.6 Å². The molecule has 3 heteroatoms. The lowest BCUT2D eigenvalue weighted by atomic mass is 10.0. The number of carbonyl (C=O) groups excluding carboxylic acids is 1. The number of hydrogen-bond acceptors (Lipinski definition) is 2. The van der Waals surface area contributed by atoms with Crippen LogP contribution in [0.25, 0.3) is 0 Å². The molecule has 2 atom stereocenters.